The Morgan fingerprint density at radius 2 is 2.32 bits per heavy atom. The Kier molecular flexibility index (Phi) is 3.19. The minimum Gasteiger partial charge on any atom is -0.399 e. The number of imidazole rings is 1. The fourth-order valence-corrected chi connectivity index (χ4v) is 3.09. The molecule has 2 heterocycles. The van der Waals surface area contributed by atoms with Crippen molar-refractivity contribution in [3.05, 3.63) is 24.0 Å². The van der Waals surface area contributed by atoms with Crippen LogP contribution < -0.4 is 5.73 Å². The summed E-state index contributed by atoms with van der Waals surface area (Å²) in [6.45, 7) is 6.14. The minimum absolute atomic E-state index is 0.394. The number of nitrogens with two attached hydrogens (primary N) is 1. The van der Waals surface area contributed by atoms with E-state index in [9.17, 15) is 0 Å². The molecule has 0 bridgehead atoms. The molecule has 1 aromatic heterocycles. The van der Waals surface area contributed by atoms with E-state index in [4.69, 9.17) is 10.5 Å². The smallest absolute Gasteiger partial charge is 0.106 e. The quantitative estimate of drug-likeness (QED) is 0.862. The van der Waals surface area contributed by atoms with Gasteiger partial charge in [0, 0.05) is 24.8 Å². The Morgan fingerprint density at radius 3 is 3.11 bits per heavy atom. The topological polar surface area (TPSA) is 53.1 Å². The molecule has 0 amide bonds. The maximum absolute atomic E-state index is 5.82. The highest BCUT2D eigenvalue weighted by atomic mass is 16.5. The molecule has 2 atom stereocenters. The SMILES string of the molecule is CCC1OCCC1Cn1c(C)nc2cc(N)ccc21. The summed E-state index contributed by atoms with van der Waals surface area (Å²) in [7, 11) is 0. The lowest BCUT2D eigenvalue weighted by Gasteiger charge is -2.18. The summed E-state index contributed by atoms with van der Waals surface area (Å²) in [5.41, 5.74) is 8.76. The first-order valence-corrected chi connectivity index (χ1v) is 7.03. The van der Waals surface area contributed by atoms with Gasteiger partial charge in [-0.3, -0.25) is 0 Å². The lowest BCUT2D eigenvalue weighted by molar-refractivity contribution is 0.0836. The highest BCUT2D eigenvalue weighted by molar-refractivity contribution is 5.79. The van der Waals surface area contributed by atoms with Crippen molar-refractivity contribution in [1.82, 2.24) is 9.55 Å². The molecular formula is C15H21N3O. The van der Waals surface area contributed by atoms with Crippen molar-refractivity contribution in [3.63, 3.8) is 0 Å². The number of anilines is 1. The van der Waals surface area contributed by atoms with Gasteiger partial charge in [-0.25, -0.2) is 4.98 Å². The van der Waals surface area contributed by atoms with Crippen LogP contribution in [-0.4, -0.2) is 22.3 Å². The summed E-state index contributed by atoms with van der Waals surface area (Å²) < 4.78 is 8.08. The molecule has 2 N–H and O–H groups in total. The molecule has 1 saturated heterocycles. The minimum atomic E-state index is 0.394. The molecule has 102 valence electrons. The molecule has 1 aliphatic heterocycles. The number of ether oxygens (including phenoxy) is 1. The highest BCUT2D eigenvalue weighted by Crippen LogP contribution is 2.27. The lowest BCUT2D eigenvalue weighted by atomic mass is 9.99. The van der Waals surface area contributed by atoms with Gasteiger partial charge >= 0.3 is 0 Å². The van der Waals surface area contributed by atoms with Crippen molar-refractivity contribution < 1.29 is 4.74 Å². The Bertz CT molecular complexity index is 590. The molecular weight excluding hydrogens is 238 g/mol. The number of nitrogen functional groups attached to an aromatic ring is 1. The molecule has 1 fully saturated rings. The Balaban J connectivity index is 1.94. The van der Waals surface area contributed by atoms with Crippen LogP contribution in [0.4, 0.5) is 5.69 Å². The second-order valence-electron chi connectivity index (χ2n) is 5.38. The molecule has 1 aliphatic rings. The van der Waals surface area contributed by atoms with E-state index in [1.807, 2.05) is 12.1 Å². The molecule has 4 nitrogen and oxygen atoms in total. The van der Waals surface area contributed by atoms with Crippen LogP contribution in [0.2, 0.25) is 0 Å². The summed E-state index contributed by atoms with van der Waals surface area (Å²) in [4.78, 5) is 4.61. The number of hydrogen-bond acceptors (Lipinski definition) is 3. The monoisotopic (exact) mass is 259 g/mol. The van der Waals surface area contributed by atoms with Gasteiger partial charge in [-0.1, -0.05) is 6.92 Å². The zero-order valence-electron chi connectivity index (χ0n) is 11.6. The molecule has 3 rings (SSSR count). The largest absolute Gasteiger partial charge is 0.399 e. The number of rotatable bonds is 3. The van der Waals surface area contributed by atoms with E-state index in [1.165, 1.54) is 5.52 Å². The van der Waals surface area contributed by atoms with Crippen molar-refractivity contribution >= 4 is 16.7 Å². The number of nitrogens with zero attached hydrogens (tertiary/aromatic N) is 2. The number of hydrogen-bond donors (Lipinski definition) is 1. The molecule has 4 heteroatoms. The van der Waals surface area contributed by atoms with Crippen molar-refractivity contribution in [2.24, 2.45) is 5.92 Å². The summed E-state index contributed by atoms with van der Waals surface area (Å²) in [5, 5.41) is 0. The van der Waals surface area contributed by atoms with E-state index in [2.05, 4.69) is 29.5 Å². The molecule has 2 aromatic rings. The molecule has 0 saturated carbocycles. The number of aromatic nitrogens is 2. The van der Waals surface area contributed by atoms with Crippen LogP contribution >= 0.6 is 0 Å². The van der Waals surface area contributed by atoms with Crippen molar-refractivity contribution in [1.29, 1.82) is 0 Å². The third kappa shape index (κ3) is 2.21. The first kappa shape index (κ1) is 12.5. The maximum atomic E-state index is 5.82. The van der Waals surface area contributed by atoms with Gasteiger partial charge in [0.15, 0.2) is 0 Å². The second kappa shape index (κ2) is 4.85. The van der Waals surface area contributed by atoms with Crippen LogP contribution in [0.5, 0.6) is 0 Å². The van der Waals surface area contributed by atoms with E-state index < -0.39 is 0 Å². The van der Waals surface area contributed by atoms with Crippen LogP contribution in [-0.2, 0) is 11.3 Å². The second-order valence-corrected chi connectivity index (χ2v) is 5.38. The summed E-state index contributed by atoms with van der Waals surface area (Å²) >= 11 is 0. The Hall–Kier alpha value is -1.55. The van der Waals surface area contributed by atoms with E-state index in [0.717, 1.165) is 43.0 Å². The maximum Gasteiger partial charge on any atom is 0.106 e. The van der Waals surface area contributed by atoms with Gasteiger partial charge in [0.2, 0.25) is 0 Å². The zero-order valence-corrected chi connectivity index (χ0v) is 11.6. The fourth-order valence-electron chi connectivity index (χ4n) is 3.09. The normalized spacial score (nSPS) is 23.3. The summed E-state index contributed by atoms with van der Waals surface area (Å²) in [6.07, 6.45) is 2.63. The van der Waals surface area contributed by atoms with Gasteiger partial charge in [-0.15, -0.1) is 0 Å². The average molecular weight is 259 g/mol. The Labute approximate surface area is 113 Å². The van der Waals surface area contributed by atoms with Gasteiger partial charge in [-0.05, 0) is 38.0 Å². The lowest BCUT2D eigenvalue weighted by Crippen LogP contribution is -2.20. The van der Waals surface area contributed by atoms with Crippen LogP contribution in [0, 0.1) is 12.8 Å². The van der Waals surface area contributed by atoms with Gasteiger partial charge < -0.3 is 15.0 Å². The summed E-state index contributed by atoms with van der Waals surface area (Å²) in [6, 6.07) is 5.96. The van der Waals surface area contributed by atoms with Crippen molar-refractivity contribution in [2.45, 2.75) is 39.3 Å². The fraction of sp³-hybridized carbons (Fsp3) is 0.533. The summed E-state index contributed by atoms with van der Waals surface area (Å²) in [5.74, 6) is 1.65. The number of aryl methyl sites for hydroxylation is 1. The predicted octanol–water partition coefficient (Wildman–Crippen LogP) is 2.74. The molecule has 1 aromatic carbocycles. The van der Waals surface area contributed by atoms with E-state index in [-0.39, 0.29) is 0 Å². The third-order valence-electron chi connectivity index (χ3n) is 4.13. The number of fused-ring (bicyclic) bond motifs is 1. The molecule has 0 radical (unpaired) electrons. The molecule has 19 heavy (non-hydrogen) atoms. The van der Waals surface area contributed by atoms with Crippen molar-refractivity contribution in [2.75, 3.05) is 12.3 Å². The number of benzene rings is 1. The van der Waals surface area contributed by atoms with Gasteiger partial charge in [0.1, 0.15) is 5.82 Å². The van der Waals surface area contributed by atoms with Gasteiger partial charge in [0.05, 0.1) is 17.1 Å². The van der Waals surface area contributed by atoms with Gasteiger partial charge in [-0.2, -0.15) is 0 Å². The van der Waals surface area contributed by atoms with Gasteiger partial charge in [0.25, 0.3) is 0 Å². The molecule has 0 spiro atoms. The first-order valence-electron chi connectivity index (χ1n) is 7.03. The standard InChI is InChI=1S/C15H21N3O/c1-3-15-11(6-7-19-15)9-18-10(2)17-13-8-12(16)4-5-14(13)18/h4-5,8,11,15H,3,6-7,9,16H2,1-2H3. The van der Waals surface area contributed by atoms with Crippen molar-refractivity contribution in [3.8, 4) is 0 Å². The van der Waals surface area contributed by atoms with Crippen LogP contribution in [0.1, 0.15) is 25.6 Å². The highest BCUT2D eigenvalue weighted by Gasteiger charge is 2.27. The first-order chi connectivity index (χ1) is 9.19. The van der Waals surface area contributed by atoms with Crippen LogP contribution in [0.3, 0.4) is 0 Å². The Morgan fingerprint density at radius 1 is 1.47 bits per heavy atom. The van der Waals surface area contributed by atoms with Crippen LogP contribution in [0.15, 0.2) is 18.2 Å². The zero-order chi connectivity index (χ0) is 13.4. The third-order valence-corrected chi connectivity index (χ3v) is 4.13. The van der Waals surface area contributed by atoms with E-state index >= 15 is 0 Å². The van der Waals surface area contributed by atoms with Crippen LogP contribution in [0.25, 0.3) is 11.0 Å². The molecule has 0 aliphatic carbocycles. The van der Waals surface area contributed by atoms with E-state index in [1.54, 1.807) is 0 Å². The molecule has 2 unspecified atom stereocenters. The van der Waals surface area contributed by atoms with E-state index in [0.29, 0.717) is 12.0 Å². The average Bonchev–Trinajstić information content (AvgIpc) is 2.95. The predicted molar refractivity (Wildman–Crippen MR) is 77.0 cm³/mol.